The maximum Gasteiger partial charge on any atom is 0.118 e. The lowest BCUT2D eigenvalue weighted by molar-refractivity contribution is 0.287. The maximum atomic E-state index is 8.99. The molecule has 0 amide bonds. The van der Waals surface area contributed by atoms with Crippen molar-refractivity contribution in [2.75, 3.05) is 13.2 Å². The molecule has 0 fully saturated rings. The quantitative estimate of drug-likeness (QED) is 0.784. The zero-order valence-electron chi connectivity index (χ0n) is 14.0. The van der Waals surface area contributed by atoms with Crippen molar-refractivity contribution < 1.29 is 15.3 Å². The summed E-state index contributed by atoms with van der Waals surface area (Å²) in [5.41, 5.74) is 3.19. The number of aliphatic hydroxyl groups is 2. The van der Waals surface area contributed by atoms with Gasteiger partial charge in [-0.25, -0.2) is 0 Å². The van der Waals surface area contributed by atoms with Crippen LogP contribution in [0.3, 0.4) is 0 Å². The monoisotopic (exact) mass is 306 g/mol. The number of aromatic hydroxyl groups is 1. The van der Waals surface area contributed by atoms with Crippen LogP contribution in [0.4, 0.5) is 0 Å². The van der Waals surface area contributed by atoms with E-state index in [1.165, 1.54) is 5.57 Å². The normalized spacial score (nSPS) is 13.0. The molecule has 0 unspecified atom stereocenters. The van der Waals surface area contributed by atoms with Crippen LogP contribution < -0.4 is 0 Å². The third-order valence-corrected chi connectivity index (χ3v) is 3.25. The average molecular weight is 306 g/mol. The second kappa shape index (κ2) is 13.1. The number of aliphatic hydroxyl groups excluding tert-OH is 2. The molecule has 3 nitrogen and oxygen atoms in total. The summed E-state index contributed by atoms with van der Waals surface area (Å²) < 4.78 is 0. The van der Waals surface area contributed by atoms with E-state index in [9.17, 15) is 0 Å². The molecule has 3 heteroatoms. The predicted octanol–water partition coefficient (Wildman–Crippen LogP) is 4.12. The van der Waals surface area contributed by atoms with E-state index in [0.717, 1.165) is 36.8 Å². The van der Waals surface area contributed by atoms with Crippen LogP contribution in [-0.4, -0.2) is 28.5 Å². The summed E-state index contributed by atoms with van der Waals surface area (Å²) in [5.74, 6) is 0.368. The molecule has 0 bridgehead atoms. The van der Waals surface area contributed by atoms with Gasteiger partial charge in [0, 0.05) is 6.61 Å². The molecule has 1 aromatic carbocycles. The van der Waals surface area contributed by atoms with Crippen LogP contribution in [0.25, 0.3) is 0 Å². The Balaban J connectivity index is 0.000000382. The molecule has 0 saturated heterocycles. The number of phenolic OH excluding ortho intramolecular Hbond substituents is 1. The Morgan fingerprint density at radius 3 is 2.00 bits per heavy atom. The zero-order valence-corrected chi connectivity index (χ0v) is 14.0. The summed E-state index contributed by atoms with van der Waals surface area (Å²) in [6, 6.07) is 7.25. The summed E-state index contributed by atoms with van der Waals surface area (Å²) in [5, 5.41) is 26.6. The lowest BCUT2D eigenvalue weighted by Gasteiger charge is -2.13. The highest BCUT2D eigenvalue weighted by molar-refractivity contribution is 5.33. The van der Waals surface area contributed by atoms with Gasteiger partial charge in [0.05, 0.1) is 6.61 Å². The second-order valence-corrected chi connectivity index (χ2v) is 4.81. The summed E-state index contributed by atoms with van der Waals surface area (Å²) >= 11 is 0. The smallest absolute Gasteiger partial charge is 0.118 e. The number of allylic oxidation sites excluding steroid dienone is 2. The van der Waals surface area contributed by atoms with Crippen molar-refractivity contribution in [3.8, 4) is 5.75 Å². The van der Waals surface area contributed by atoms with Crippen LogP contribution in [0.5, 0.6) is 5.75 Å². The summed E-state index contributed by atoms with van der Waals surface area (Å²) in [7, 11) is 0. The molecule has 124 valence electrons. The van der Waals surface area contributed by atoms with Crippen LogP contribution in [0, 0.1) is 6.92 Å². The molecule has 0 heterocycles. The number of rotatable bonds is 4. The van der Waals surface area contributed by atoms with Crippen LogP contribution in [0.15, 0.2) is 47.6 Å². The minimum absolute atomic E-state index is 0.136. The highest BCUT2D eigenvalue weighted by atomic mass is 16.3. The molecule has 2 rings (SSSR count). The maximum absolute atomic E-state index is 8.99. The van der Waals surface area contributed by atoms with Crippen LogP contribution in [0.1, 0.15) is 45.1 Å². The van der Waals surface area contributed by atoms with E-state index in [-0.39, 0.29) is 13.2 Å². The number of hydrogen-bond donors (Lipinski definition) is 3. The van der Waals surface area contributed by atoms with Crippen molar-refractivity contribution >= 4 is 0 Å². The van der Waals surface area contributed by atoms with Gasteiger partial charge in [0.1, 0.15) is 5.75 Å². The van der Waals surface area contributed by atoms with Crippen molar-refractivity contribution in [3.05, 3.63) is 53.1 Å². The first-order chi connectivity index (χ1) is 10.7. The molecule has 0 atom stereocenters. The molecule has 1 aliphatic carbocycles. The average Bonchev–Trinajstić information content (AvgIpc) is 2.58. The van der Waals surface area contributed by atoms with E-state index < -0.39 is 0 Å². The van der Waals surface area contributed by atoms with Gasteiger partial charge in [0.15, 0.2) is 0 Å². The Morgan fingerprint density at radius 2 is 1.55 bits per heavy atom. The van der Waals surface area contributed by atoms with E-state index in [2.05, 4.69) is 12.2 Å². The molecule has 3 N–H and O–H groups in total. The van der Waals surface area contributed by atoms with Crippen LogP contribution in [-0.2, 0) is 0 Å². The lowest BCUT2D eigenvalue weighted by Crippen LogP contribution is -2.00. The Bertz CT molecular complexity index is 441. The Morgan fingerprint density at radius 1 is 0.955 bits per heavy atom. The molecule has 0 spiro atoms. The predicted molar refractivity (Wildman–Crippen MR) is 93.0 cm³/mol. The van der Waals surface area contributed by atoms with Gasteiger partial charge in [-0.1, -0.05) is 44.2 Å². The highest BCUT2D eigenvalue weighted by Crippen LogP contribution is 2.22. The number of hydrogen-bond acceptors (Lipinski definition) is 3. The van der Waals surface area contributed by atoms with Gasteiger partial charge in [-0.05, 0) is 55.4 Å². The summed E-state index contributed by atoms with van der Waals surface area (Å²) in [4.78, 5) is 0. The zero-order chi connectivity index (χ0) is 16.8. The number of para-hydroxylation sites is 1. The van der Waals surface area contributed by atoms with Crippen molar-refractivity contribution in [2.24, 2.45) is 0 Å². The van der Waals surface area contributed by atoms with Crippen molar-refractivity contribution in [2.45, 2.75) is 46.5 Å². The highest BCUT2D eigenvalue weighted by Gasteiger charge is 2.06. The lowest BCUT2D eigenvalue weighted by atomic mass is 9.95. The van der Waals surface area contributed by atoms with E-state index >= 15 is 0 Å². The Kier molecular flexibility index (Phi) is 12.2. The molecular formula is C19H30O3. The SMILES string of the molecule is CC.Cc1ccccc1O.OCCCC1=CCCC=C1CO. The van der Waals surface area contributed by atoms with E-state index in [1.54, 1.807) is 6.07 Å². The van der Waals surface area contributed by atoms with Crippen molar-refractivity contribution in [1.29, 1.82) is 0 Å². The molecule has 0 aliphatic heterocycles. The first-order valence-corrected chi connectivity index (χ1v) is 8.03. The van der Waals surface area contributed by atoms with Gasteiger partial charge in [0.25, 0.3) is 0 Å². The standard InChI is InChI=1S/C10H16O2.C7H8O.C2H6/c11-7-3-6-9-4-1-2-5-10(9)8-12;1-6-4-2-3-5-7(6)8;1-2/h4-5,11-12H,1-3,6-8H2;2-5,8H,1H3;1-2H3. The topological polar surface area (TPSA) is 60.7 Å². The van der Waals surface area contributed by atoms with Gasteiger partial charge in [-0.15, -0.1) is 0 Å². The summed E-state index contributed by atoms with van der Waals surface area (Å²) in [6.45, 7) is 6.24. The van der Waals surface area contributed by atoms with Gasteiger partial charge >= 0.3 is 0 Å². The fourth-order valence-corrected chi connectivity index (χ4v) is 2.04. The second-order valence-electron chi connectivity index (χ2n) is 4.81. The van der Waals surface area contributed by atoms with E-state index in [4.69, 9.17) is 15.3 Å². The largest absolute Gasteiger partial charge is 0.508 e. The molecule has 1 aromatic rings. The molecule has 1 aliphatic rings. The number of aryl methyl sites for hydroxylation is 1. The van der Waals surface area contributed by atoms with Crippen LogP contribution in [0.2, 0.25) is 0 Å². The Labute approximate surface area is 134 Å². The molecule has 22 heavy (non-hydrogen) atoms. The first kappa shape index (κ1) is 20.4. The van der Waals surface area contributed by atoms with Crippen LogP contribution >= 0.6 is 0 Å². The first-order valence-electron chi connectivity index (χ1n) is 8.03. The fourth-order valence-electron chi connectivity index (χ4n) is 2.04. The van der Waals surface area contributed by atoms with E-state index in [0.29, 0.717) is 5.75 Å². The van der Waals surface area contributed by atoms with Crippen molar-refractivity contribution in [3.63, 3.8) is 0 Å². The molecular weight excluding hydrogens is 276 g/mol. The Hall–Kier alpha value is -1.58. The van der Waals surface area contributed by atoms with Gasteiger partial charge in [0.2, 0.25) is 0 Å². The number of phenols is 1. The third kappa shape index (κ3) is 8.01. The van der Waals surface area contributed by atoms with Gasteiger partial charge < -0.3 is 15.3 Å². The third-order valence-electron chi connectivity index (χ3n) is 3.25. The summed E-state index contributed by atoms with van der Waals surface area (Å²) in [6.07, 6.45) is 8.06. The molecule has 0 aromatic heterocycles. The fraction of sp³-hybridized carbons (Fsp3) is 0.474. The molecule has 0 radical (unpaired) electrons. The molecule has 0 saturated carbocycles. The minimum Gasteiger partial charge on any atom is -0.508 e. The van der Waals surface area contributed by atoms with Gasteiger partial charge in [-0.3, -0.25) is 0 Å². The van der Waals surface area contributed by atoms with Crippen molar-refractivity contribution in [1.82, 2.24) is 0 Å². The minimum atomic E-state index is 0.136. The van der Waals surface area contributed by atoms with E-state index in [1.807, 2.05) is 39.0 Å². The van der Waals surface area contributed by atoms with Gasteiger partial charge in [-0.2, -0.15) is 0 Å². The number of benzene rings is 1.